The molecule has 0 amide bonds. The van der Waals surface area contributed by atoms with Crippen LogP contribution in [0.3, 0.4) is 0 Å². The number of rotatable bonds is 5. The van der Waals surface area contributed by atoms with Gasteiger partial charge in [-0.1, -0.05) is 35.9 Å². The number of benzene rings is 2. The SMILES string of the molecule is COc1cc(-c2cn(C3CCC4(CC3)OCCO4)c3ncnc(Cl)c23)ccc1Oc1ccccc1. The quantitative estimate of drug-likeness (QED) is 0.300. The van der Waals surface area contributed by atoms with Gasteiger partial charge in [0.1, 0.15) is 22.9 Å². The van der Waals surface area contributed by atoms with Crippen LogP contribution in [-0.4, -0.2) is 40.6 Å². The summed E-state index contributed by atoms with van der Waals surface area (Å²) in [6.07, 6.45) is 7.28. The molecule has 1 aliphatic carbocycles. The first-order valence-electron chi connectivity index (χ1n) is 11.9. The molecule has 1 saturated carbocycles. The van der Waals surface area contributed by atoms with Gasteiger partial charge < -0.3 is 23.5 Å². The average Bonchev–Trinajstić information content (AvgIpc) is 3.51. The van der Waals surface area contributed by atoms with Crippen LogP contribution in [0.1, 0.15) is 31.7 Å². The third-order valence-electron chi connectivity index (χ3n) is 6.93. The van der Waals surface area contributed by atoms with Gasteiger partial charge in [-0.25, -0.2) is 9.97 Å². The molecule has 4 aromatic rings. The third-order valence-corrected chi connectivity index (χ3v) is 7.22. The van der Waals surface area contributed by atoms with E-state index >= 15 is 0 Å². The van der Waals surface area contributed by atoms with E-state index < -0.39 is 5.79 Å². The normalized spacial score (nSPS) is 17.8. The van der Waals surface area contributed by atoms with E-state index in [1.807, 2.05) is 48.5 Å². The van der Waals surface area contributed by atoms with Gasteiger partial charge in [0.25, 0.3) is 0 Å². The highest BCUT2D eigenvalue weighted by Gasteiger charge is 2.41. The second-order valence-corrected chi connectivity index (χ2v) is 9.29. The van der Waals surface area contributed by atoms with Crippen LogP contribution in [0.4, 0.5) is 0 Å². The molecule has 0 atom stereocenters. The van der Waals surface area contributed by atoms with E-state index in [-0.39, 0.29) is 6.04 Å². The maximum Gasteiger partial charge on any atom is 0.169 e. The molecule has 0 N–H and O–H groups in total. The molecule has 2 fully saturated rings. The van der Waals surface area contributed by atoms with E-state index in [2.05, 4.69) is 20.7 Å². The van der Waals surface area contributed by atoms with Crippen LogP contribution < -0.4 is 9.47 Å². The Morgan fingerprint density at radius 2 is 1.77 bits per heavy atom. The van der Waals surface area contributed by atoms with E-state index in [1.54, 1.807) is 7.11 Å². The molecule has 0 bridgehead atoms. The largest absolute Gasteiger partial charge is 0.493 e. The maximum absolute atomic E-state index is 6.61. The number of halogens is 1. The van der Waals surface area contributed by atoms with E-state index in [4.69, 9.17) is 30.5 Å². The Bertz CT molecular complexity index is 1340. The van der Waals surface area contributed by atoms with Gasteiger partial charge in [0.15, 0.2) is 17.3 Å². The van der Waals surface area contributed by atoms with E-state index in [9.17, 15) is 0 Å². The third kappa shape index (κ3) is 4.14. The summed E-state index contributed by atoms with van der Waals surface area (Å²) in [5.41, 5.74) is 2.75. The van der Waals surface area contributed by atoms with Crippen LogP contribution >= 0.6 is 11.6 Å². The number of hydrogen-bond acceptors (Lipinski definition) is 6. The summed E-state index contributed by atoms with van der Waals surface area (Å²) < 4.78 is 25.8. The molecule has 2 aromatic carbocycles. The van der Waals surface area contributed by atoms with Gasteiger partial charge in [-0.05, 0) is 42.7 Å². The van der Waals surface area contributed by atoms with E-state index in [1.165, 1.54) is 6.33 Å². The Balaban J connectivity index is 1.36. The lowest BCUT2D eigenvalue weighted by molar-refractivity contribution is -0.181. The summed E-state index contributed by atoms with van der Waals surface area (Å²) in [7, 11) is 1.64. The van der Waals surface area contributed by atoms with Crippen molar-refractivity contribution in [2.75, 3.05) is 20.3 Å². The molecule has 1 saturated heterocycles. The fraction of sp³-hybridized carbons (Fsp3) is 0.333. The second kappa shape index (κ2) is 9.15. The molecule has 1 aliphatic heterocycles. The van der Waals surface area contributed by atoms with Crippen molar-refractivity contribution in [1.29, 1.82) is 0 Å². The van der Waals surface area contributed by atoms with Crippen molar-refractivity contribution in [3.05, 3.63) is 66.2 Å². The summed E-state index contributed by atoms with van der Waals surface area (Å²) in [5, 5.41) is 1.27. The monoisotopic (exact) mass is 491 g/mol. The van der Waals surface area contributed by atoms with Gasteiger partial charge in [0.2, 0.25) is 0 Å². The highest BCUT2D eigenvalue weighted by Crippen LogP contribution is 2.44. The van der Waals surface area contributed by atoms with Crippen LogP contribution in [0.15, 0.2) is 61.1 Å². The first-order valence-corrected chi connectivity index (χ1v) is 12.2. The van der Waals surface area contributed by atoms with Crippen molar-refractivity contribution in [3.63, 3.8) is 0 Å². The zero-order valence-electron chi connectivity index (χ0n) is 19.4. The lowest BCUT2D eigenvalue weighted by Gasteiger charge is -2.36. The summed E-state index contributed by atoms with van der Waals surface area (Å²) in [4.78, 5) is 8.89. The molecule has 7 nitrogen and oxygen atoms in total. The highest BCUT2D eigenvalue weighted by molar-refractivity contribution is 6.35. The van der Waals surface area contributed by atoms with Crippen LogP contribution in [0.25, 0.3) is 22.2 Å². The molecule has 3 heterocycles. The minimum absolute atomic E-state index is 0.276. The lowest BCUT2D eigenvalue weighted by Crippen LogP contribution is -2.35. The summed E-state index contributed by atoms with van der Waals surface area (Å²) in [5.74, 6) is 1.62. The molecule has 6 rings (SSSR count). The first kappa shape index (κ1) is 22.3. The minimum Gasteiger partial charge on any atom is -0.493 e. The number of ether oxygens (including phenoxy) is 4. The molecule has 35 heavy (non-hydrogen) atoms. The standard InChI is InChI=1S/C27H26ClN3O4/c1-32-23-15-18(7-8-22(23)35-20-5-3-2-4-6-20)21-16-31(26-24(21)25(28)29-17-30-26)19-9-11-27(12-10-19)33-13-14-34-27/h2-8,15-17,19H,9-14H2,1H3. The average molecular weight is 492 g/mol. The molecule has 0 unspecified atom stereocenters. The number of aromatic nitrogens is 3. The Labute approximate surface area is 208 Å². The zero-order valence-corrected chi connectivity index (χ0v) is 20.2. The zero-order chi connectivity index (χ0) is 23.8. The van der Waals surface area contributed by atoms with Crippen molar-refractivity contribution in [2.24, 2.45) is 0 Å². The predicted octanol–water partition coefficient (Wildman–Crippen LogP) is 6.41. The summed E-state index contributed by atoms with van der Waals surface area (Å²) in [6, 6.07) is 15.8. The molecule has 2 aliphatic rings. The Morgan fingerprint density at radius 3 is 2.51 bits per heavy atom. The van der Waals surface area contributed by atoms with Gasteiger partial charge in [0, 0.05) is 30.6 Å². The van der Waals surface area contributed by atoms with Gasteiger partial charge >= 0.3 is 0 Å². The van der Waals surface area contributed by atoms with Crippen molar-refractivity contribution in [2.45, 2.75) is 37.5 Å². The summed E-state index contributed by atoms with van der Waals surface area (Å²) >= 11 is 6.61. The number of hydrogen-bond donors (Lipinski definition) is 0. The van der Waals surface area contributed by atoms with Crippen LogP contribution in [-0.2, 0) is 9.47 Å². The van der Waals surface area contributed by atoms with Crippen molar-refractivity contribution in [3.8, 4) is 28.4 Å². The Hall–Kier alpha value is -3.13. The molecule has 2 aromatic heterocycles. The smallest absolute Gasteiger partial charge is 0.169 e. The van der Waals surface area contributed by atoms with Gasteiger partial charge in [-0.15, -0.1) is 0 Å². The molecular weight excluding hydrogens is 466 g/mol. The highest BCUT2D eigenvalue weighted by atomic mass is 35.5. The molecule has 180 valence electrons. The van der Waals surface area contributed by atoms with Gasteiger partial charge in [-0.2, -0.15) is 0 Å². The number of fused-ring (bicyclic) bond motifs is 1. The van der Waals surface area contributed by atoms with Gasteiger partial charge in [0.05, 0.1) is 25.7 Å². The Kier molecular flexibility index (Phi) is 5.84. The Morgan fingerprint density at radius 1 is 1.00 bits per heavy atom. The second-order valence-electron chi connectivity index (χ2n) is 8.93. The first-order chi connectivity index (χ1) is 17.2. The predicted molar refractivity (Wildman–Crippen MR) is 133 cm³/mol. The maximum atomic E-state index is 6.61. The van der Waals surface area contributed by atoms with E-state index in [0.717, 1.165) is 53.6 Å². The molecular formula is C27H26ClN3O4. The minimum atomic E-state index is -0.406. The van der Waals surface area contributed by atoms with Gasteiger partial charge in [-0.3, -0.25) is 0 Å². The van der Waals surface area contributed by atoms with Crippen molar-refractivity contribution < 1.29 is 18.9 Å². The van der Waals surface area contributed by atoms with E-state index in [0.29, 0.717) is 29.9 Å². The molecule has 1 spiro atoms. The molecule has 8 heteroatoms. The molecule has 0 radical (unpaired) electrons. The van der Waals surface area contributed by atoms with Crippen molar-refractivity contribution >= 4 is 22.6 Å². The number of para-hydroxylation sites is 1. The van der Waals surface area contributed by atoms with Crippen molar-refractivity contribution in [1.82, 2.24) is 14.5 Å². The van der Waals surface area contributed by atoms with Crippen LogP contribution in [0, 0.1) is 0 Å². The topological polar surface area (TPSA) is 67.6 Å². The van der Waals surface area contributed by atoms with Crippen LogP contribution in [0.5, 0.6) is 17.2 Å². The van der Waals surface area contributed by atoms with Crippen LogP contribution in [0.2, 0.25) is 5.15 Å². The number of methoxy groups -OCH3 is 1. The lowest BCUT2D eigenvalue weighted by atomic mass is 9.90. The fourth-order valence-electron chi connectivity index (χ4n) is 5.19. The fourth-order valence-corrected chi connectivity index (χ4v) is 5.42. The number of nitrogens with zero attached hydrogens (tertiary/aromatic N) is 3. The summed E-state index contributed by atoms with van der Waals surface area (Å²) in [6.45, 7) is 1.35.